The van der Waals surface area contributed by atoms with Crippen LogP contribution in [0.3, 0.4) is 0 Å². The molecule has 17 heavy (non-hydrogen) atoms. The Morgan fingerprint density at radius 2 is 2.18 bits per heavy atom. The Balaban J connectivity index is 2.99. The lowest BCUT2D eigenvalue weighted by atomic mass is 10.3. The number of amides is 1. The first-order valence-electron chi connectivity index (χ1n) is 4.48. The van der Waals surface area contributed by atoms with E-state index in [2.05, 4.69) is 4.74 Å². The van der Waals surface area contributed by atoms with Crippen molar-refractivity contribution in [3.05, 3.63) is 24.0 Å². The Morgan fingerprint density at radius 3 is 2.65 bits per heavy atom. The fourth-order valence-electron chi connectivity index (χ4n) is 1.06. The first-order chi connectivity index (χ1) is 7.86. The molecule has 0 saturated carbocycles. The van der Waals surface area contributed by atoms with E-state index >= 15 is 0 Å². The van der Waals surface area contributed by atoms with Crippen molar-refractivity contribution in [2.45, 2.75) is 4.90 Å². The minimum absolute atomic E-state index is 0.0705. The molecule has 94 valence electrons. The van der Waals surface area contributed by atoms with Gasteiger partial charge in [0.1, 0.15) is 0 Å². The van der Waals surface area contributed by atoms with Crippen LogP contribution < -0.4 is 15.2 Å². The van der Waals surface area contributed by atoms with Gasteiger partial charge in [0.05, 0.1) is 18.6 Å². The Morgan fingerprint density at radius 1 is 1.53 bits per heavy atom. The van der Waals surface area contributed by atoms with E-state index in [0.717, 1.165) is 12.1 Å². The SMILES string of the molecule is COc1ccc(S(=O)(=O)NCC(N)=O)cc1F. The van der Waals surface area contributed by atoms with Gasteiger partial charge in [0, 0.05) is 0 Å². The van der Waals surface area contributed by atoms with Crippen LogP contribution in [-0.4, -0.2) is 28.0 Å². The highest BCUT2D eigenvalue weighted by atomic mass is 32.2. The van der Waals surface area contributed by atoms with Crippen molar-refractivity contribution < 1.29 is 22.3 Å². The topological polar surface area (TPSA) is 98.5 Å². The molecule has 1 amide bonds. The summed E-state index contributed by atoms with van der Waals surface area (Å²) in [6.45, 7) is -0.546. The summed E-state index contributed by atoms with van der Waals surface area (Å²) in [6, 6.07) is 3.13. The number of hydrogen-bond acceptors (Lipinski definition) is 4. The lowest BCUT2D eigenvalue weighted by molar-refractivity contribution is -0.116. The number of methoxy groups -OCH3 is 1. The molecule has 1 rings (SSSR count). The molecule has 0 heterocycles. The maximum Gasteiger partial charge on any atom is 0.241 e. The highest BCUT2D eigenvalue weighted by Crippen LogP contribution is 2.20. The molecule has 1 aromatic rings. The Hall–Kier alpha value is -1.67. The second kappa shape index (κ2) is 5.11. The fourth-order valence-corrected chi connectivity index (χ4v) is 2.07. The average Bonchev–Trinajstić information content (AvgIpc) is 2.26. The maximum atomic E-state index is 13.3. The zero-order chi connectivity index (χ0) is 13.1. The minimum Gasteiger partial charge on any atom is -0.494 e. The smallest absolute Gasteiger partial charge is 0.241 e. The number of hydrogen-bond donors (Lipinski definition) is 2. The second-order valence-corrected chi connectivity index (χ2v) is 4.85. The third-order valence-electron chi connectivity index (χ3n) is 1.87. The summed E-state index contributed by atoms with van der Waals surface area (Å²) in [4.78, 5) is 10.1. The van der Waals surface area contributed by atoms with Crippen LogP contribution in [0.5, 0.6) is 5.75 Å². The van der Waals surface area contributed by atoms with E-state index in [1.165, 1.54) is 13.2 Å². The van der Waals surface area contributed by atoms with Gasteiger partial charge in [-0.3, -0.25) is 4.79 Å². The fraction of sp³-hybridized carbons (Fsp3) is 0.222. The molecule has 0 unspecified atom stereocenters. The Bertz CT molecular complexity index is 530. The van der Waals surface area contributed by atoms with Crippen LogP contribution in [0.2, 0.25) is 0 Å². The number of primary amides is 1. The molecule has 0 aliphatic heterocycles. The van der Waals surface area contributed by atoms with Crippen LogP contribution in [0.1, 0.15) is 0 Å². The average molecular weight is 262 g/mol. The summed E-state index contributed by atoms with van der Waals surface area (Å²) in [5.41, 5.74) is 4.79. The predicted octanol–water partition coefficient (Wildman–Crippen LogP) is -0.402. The van der Waals surface area contributed by atoms with Gasteiger partial charge in [0.15, 0.2) is 11.6 Å². The summed E-state index contributed by atoms with van der Waals surface area (Å²) < 4.78 is 43.0. The molecular formula is C9H11FN2O4S. The largest absolute Gasteiger partial charge is 0.494 e. The molecule has 0 spiro atoms. The highest BCUT2D eigenvalue weighted by molar-refractivity contribution is 7.89. The van der Waals surface area contributed by atoms with E-state index in [4.69, 9.17) is 5.73 Å². The quantitative estimate of drug-likeness (QED) is 0.754. The summed E-state index contributed by atoms with van der Waals surface area (Å²) in [6.07, 6.45) is 0. The molecule has 3 N–H and O–H groups in total. The molecule has 0 atom stereocenters. The molecule has 6 nitrogen and oxygen atoms in total. The molecule has 0 saturated heterocycles. The van der Waals surface area contributed by atoms with Gasteiger partial charge in [0.2, 0.25) is 15.9 Å². The molecule has 0 aliphatic rings. The molecular weight excluding hydrogens is 251 g/mol. The molecule has 0 radical (unpaired) electrons. The van der Waals surface area contributed by atoms with E-state index < -0.39 is 28.3 Å². The van der Waals surface area contributed by atoms with Crippen molar-refractivity contribution in [2.75, 3.05) is 13.7 Å². The molecule has 8 heteroatoms. The van der Waals surface area contributed by atoms with Gasteiger partial charge in [0.25, 0.3) is 0 Å². The van der Waals surface area contributed by atoms with Crippen LogP contribution in [0.4, 0.5) is 4.39 Å². The van der Waals surface area contributed by atoms with Gasteiger partial charge >= 0.3 is 0 Å². The van der Waals surface area contributed by atoms with Crippen LogP contribution in [-0.2, 0) is 14.8 Å². The number of ether oxygens (including phenoxy) is 1. The number of benzene rings is 1. The Labute approximate surface area is 97.6 Å². The second-order valence-electron chi connectivity index (χ2n) is 3.09. The summed E-state index contributed by atoms with van der Waals surface area (Å²) in [5.74, 6) is -1.71. The normalized spacial score (nSPS) is 11.2. The monoisotopic (exact) mass is 262 g/mol. The summed E-state index contributed by atoms with van der Waals surface area (Å²) in [7, 11) is -2.69. The van der Waals surface area contributed by atoms with Gasteiger partial charge in [-0.1, -0.05) is 0 Å². The van der Waals surface area contributed by atoms with E-state index in [1.54, 1.807) is 0 Å². The summed E-state index contributed by atoms with van der Waals surface area (Å²) in [5, 5.41) is 0. The highest BCUT2D eigenvalue weighted by Gasteiger charge is 2.16. The van der Waals surface area contributed by atoms with E-state index in [0.29, 0.717) is 0 Å². The molecule has 0 aromatic heterocycles. The lowest BCUT2D eigenvalue weighted by Gasteiger charge is -2.06. The number of carbonyl (C=O) groups is 1. The van der Waals surface area contributed by atoms with Gasteiger partial charge < -0.3 is 10.5 Å². The number of rotatable bonds is 5. The first kappa shape index (κ1) is 13.4. The number of nitrogens with two attached hydrogens (primary N) is 1. The van der Waals surface area contributed by atoms with Gasteiger partial charge in [-0.2, -0.15) is 0 Å². The van der Waals surface area contributed by atoms with Crippen LogP contribution in [0, 0.1) is 5.82 Å². The first-order valence-corrected chi connectivity index (χ1v) is 5.96. The van der Waals surface area contributed by atoms with Crippen LogP contribution in [0.15, 0.2) is 23.1 Å². The minimum atomic E-state index is -3.95. The van der Waals surface area contributed by atoms with Crippen molar-refractivity contribution in [3.63, 3.8) is 0 Å². The molecule has 0 fully saturated rings. The third kappa shape index (κ3) is 3.40. The molecule has 0 bridgehead atoms. The van der Waals surface area contributed by atoms with Crippen molar-refractivity contribution >= 4 is 15.9 Å². The Kier molecular flexibility index (Phi) is 4.02. The van der Waals surface area contributed by atoms with Crippen molar-refractivity contribution in [1.82, 2.24) is 4.72 Å². The van der Waals surface area contributed by atoms with E-state index in [-0.39, 0.29) is 10.6 Å². The molecule has 1 aromatic carbocycles. The molecule has 0 aliphatic carbocycles. The third-order valence-corrected chi connectivity index (χ3v) is 3.27. The number of halogens is 1. The van der Waals surface area contributed by atoms with Gasteiger partial charge in [-0.25, -0.2) is 17.5 Å². The zero-order valence-corrected chi connectivity index (χ0v) is 9.75. The number of sulfonamides is 1. The van der Waals surface area contributed by atoms with Gasteiger partial charge in [-0.15, -0.1) is 0 Å². The van der Waals surface area contributed by atoms with Crippen molar-refractivity contribution in [3.8, 4) is 5.75 Å². The van der Waals surface area contributed by atoms with E-state index in [9.17, 15) is 17.6 Å². The van der Waals surface area contributed by atoms with Crippen molar-refractivity contribution in [2.24, 2.45) is 5.73 Å². The summed E-state index contributed by atoms with van der Waals surface area (Å²) >= 11 is 0. The van der Waals surface area contributed by atoms with Crippen LogP contribution >= 0.6 is 0 Å². The number of nitrogens with one attached hydrogen (secondary N) is 1. The predicted molar refractivity (Wildman–Crippen MR) is 57.3 cm³/mol. The number of carbonyl (C=O) groups excluding carboxylic acids is 1. The standard InChI is InChI=1S/C9H11FN2O4S/c1-16-8-3-2-6(4-7(8)10)17(14,15)12-5-9(11)13/h2-4,12H,5H2,1H3,(H2,11,13). The van der Waals surface area contributed by atoms with Crippen LogP contribution in [0.25, 0.3) is 0 Å². The zero-order valence-electron chi connectivity index (χ0n) is 8.94. The van der Waals surface area contributed by atoms with E-state index in [1.807, 2.05) is 4.72 Å². The maximum absolute atomic E-state index is 13.3. The van der Waals surface area contributed by atoms with Gasteiger partial charge in [-0.05, 0) is 18.2 Å². The lowest BCUT2D eigenvalue weighted by Crippen LogP contribution is -2.33. The van der Waals surface area contributed by atoms with Crippen molar-refractivity contribution in [1.29, 1.82) is 0 Å².